The molecule has 0 aliphatic heterocycles. The van der Waals surface area contributed by atoms with Crippen molar-refractivity contribution in [1.29, 1.82) is 0 Å². The van der Waals surface area contributed by atoms with Crippen molar-refractivity contribution in [3.63, 3.8) is 0 Å². The summed E-state index contributed by atoms with van der Waals surface area (Å²) in [5, 5.41) is 8.57. The van der Waals surface area contributed by atoms with Gasteiger partial charge < -0.3 is 5.11 Å². The van der Waals surface area contributed by atoms with E-state index in [-0.39, 0.29) is 0 Å². The largest absolute Gasteiger partial charge is 0.478 e. The van der Waals surface area contributed by atoms with E-state index in [9.17, 15) is 4.79 Å². The van der Waals surface area contributed by atoms with Gasteiger partial charge in [0.2, 0.25) is 0 Å². The predicted molar refractivity (Wildman–Crippen MR) is 69.7 cm³/mol. The second-order valence-corrected chi connectivity index (χ2v) is 4.43. The van der Waals surface area contributed by atoms with E-state index in [1.807, 2.05) is 18.2 Å². The Morgan fingerprint density at radius 1 is 1.47 bits per heavy atom. The molecule has 0 aliphatic rings. The van der Waals surface area contributed by atoms with E-state index in [4.69, 9.17) is 5.11 Å². The molecular formula is C14H19NO2. The first kappa shape index (κ1) is 13.5. The Morgan fingerprint density at radius 3 is 2.76 bits per heavy atom. The predicted octanol–water partition coefficient (Wildman–Crippen LogP) is 2.62. The van der Waals surface area contributed by atoms with E-state index in [0.29, 0.717) is 6.04 Å². The molecule has 0 atom stereocenters. The summed E-state index contributed by atoms with van der Waals surface area (Å²) >= 11 is 0. The van der Waals surface area contributed by atoms with Crippen LogP contribution >= 0.6 is 0 Å². The molecule has 0 radical (unpaired) electrons. The maximum Gasteiger partial charge on any atom is 0.328 e. The molecule has 0 bridgehead atoms. The third-order valence-corrected chi connectivity index (χ3v) is 2.68. The fourth-order valence-corrected chi connectivity index (χ4v) is 1.43. The first-order valence-corrected chi connectivity index (χ1v) is 5.69. The SMILES string of the molecule is CC(C)N(C)Cc1cccc(/C=C/C(=O)O)c1. The molecule has 0 spiro atoms. The lowest BCUT2D eigenvalue weighted by atomic mass is 10.1. The minimum Gasteiger partial charge on any atom is -0.478 e. The molecule has 0 heterocycles. The molecule has 0 aromatic heterocycles. The van der Waals surface area contributed by atoms with Crippen LogP contribution in [-0.2, 0) is 11.3 Å². The second-order valence-electron chi connectivity index (χ2n) is 4.43. The molecule has 3 nitrogen and oxygen atoms in total. The Labute approximate surface area is 102 Å². The number of benzene rings is 1. The van der Waals surface area contributed by atoms with E-state index < -0.39 is 5.97 Å². The molecular weight excluding hydrogens is 214 g/mol. The minimum absolute atomic E-state index is 0.494. The van der Waals surface area contributed by atoms with Gasteiger partial charge in [0.15, 0.2) is 0 Å². The van der Waals surface area contributed by atoms with Crippen LogP contribution < -0.4 is 0 Å². The van der Waals surface area contributed by atoms with Crippen LogP contribution in [-0.4, -0.2) is 29.1 Å². The second kappa shape index (κ2) is 6.21. The van der Waals surface area contributed by atoms with Gasteiger partial charge in [-0.1, -0.05) is 24.3 Å². The van der Waals surface area contributed by atoms with Gasteiger partial charge in [-0.25, -0.2) is 4.79 Å². The first-order valence-electron chi connectivity index (χ1n) is 5.69. The zero-order chi connectivity index (χ0) is 12.8. The molecule has 1 rings (SSSR count). The summed E-state index contributed by atoms with van der Waals surface area (Å²) < 4.78 is 0. The lowest BCUT2D eigenvalue weighted by Crippen LogP contribution is -2.25. The van der Waals surface area contributed by atoms with E-state index in [0.717, 1.165) is 18.2 Å². The molecule has 92 valence electrons. The van der Waals surface area contributed by atoms with Crippen molar-refractivity contribution in [3.05, 3.63) is 41.5 Å². The molecule has 0 saturated heterocycles. The van der Waals surface area contributed by atoms with Crippen molar-refractivity contribution in [1.82, 2.24) is 4.90 Å². The van der Waals surface area contributed by atoms with Crippen LogP contribution in [0.5, 0.6) is 0 Å². The summed E-state index contributed by atoms with van der Waals surface area (Å²) in [6.45, 7) is 5.16. The van der Waals surface area contributed by atoms with Gasteiger partial charge in [-0.3, -0.25) is 4.90 Å². The Morgan fingerprint density at radius 2 is 2.18 bits per heavy atom. The van der Waals surface area contributed by atoms with Crippen molar-refractivity contribution < 1.29 is 9.90 Å². The molecule has 0 aliphatic carbocycles. The van der Waals surface area contributed by atoms with Gasteiger partial charge in [-0.2, -0.15) is 0 Å². The maximum atomic E-state index is 10.4. The lowest BCUT2D eigenvalue weighted by molar-refractivity contribution is -0.131. The zero-order valence-corrected chi connectivity index (χ0v) is 10.6. The molecule has 17 heavy (non-hydrogen) atoms. The summed E-state index contributed by atoms with van der Waals surface area (Å²) in [7, 11) is 2.07. The highest BCUT2D eigenvalue weighted by Gasteiger charge is 2.04. The van der Waals surface area contributed by atoms with Crippen molar-refractivity contribution in [3.8, 4) is 0 Å². The lowest BCUT2D eigenvalue weighted by Gasteiger charge is -2.21. The van der Waals surface area contributed by atoms with Crippen molar-refractivity contribution in [2.75, 3.05) is 7.05 Å². The van der Waals surface area contributed by atoms with Crippen LogP contribution in [0.4, 0.5) is 0 Å². The summed E-state index contributed by atoms with van der Waals surface area (Å²) in [4.78, 5) is 12.7. The van der Waals surface area contributed by atoms with Crippen LogP contribution in [0.2, 0.25) is 0 Å². The van der Waals surface area contributed by atoms with Crippen LogP contribution in [0.1, 0.15) is 25.0 Å². The standard InChI is InChI=1S/C14H19NO2/c1-11(2)15(3)10-13-6-4-5-12(9-13)7-8-14(16)17/h4-9,11H,10H2,1-3H3,(H,16,17)/b8-7+. The molecule has 1 aromatic rings. The topological polar surface area (TPSA) is 40.5 Å². The molecule has 3 heteroatoms. The quantitative estimate of drug-likeness (QED) is 0.795. The van der Waals surface area contributed by atoms with E-state index >= 15 is 0 Å². The van der Waals surface area contributed by atoms with E-state index in [2.05, 4.69) is 31.9 Å². The number of aliphatic carboxylic acids is 1. The summed E-state index contributed by atoms with van der Waals surface area (Å²) in [6.07, 6.45) is 2.77. The highest BCUT2D eigenvalue weighted by Crippen LogP contribution is 2.10. The maximum absolute atomic E-state index is 10.4. The van der Waals surface area contributed by atoms with Crippen molar-refractivity contribution in [2.45, 2.75) is 26.4 Å². The number of carboxylic acid groups (broad SMARTS) is 1. The number of rotatable bonds is 5. The van der Waals surface area contributed by atoms with Gasteiger partial charge in [0, 0.05) is 18.7 Å². The van der Waals surface area contributed by atoms with Crippen molar-refractivity contribution in [2.24, 2.45) is 0 Å². The summed E-state index contributed by atoms with van der Waals surface area (Å²) in [5.74, 6) is -0.922. The molecule has 0 unspecified atom stereocenters. The van der Waals surface area contributed by atoms with Gasteiger partial charge in [0.1, 0.15) is 0 Å². The Hall–Kier alpha value is -1.61. The van der Waals surface area contributed by atoms with Crippen molar-refractivity contribution >= 4 is 12.0 Å². The fraction of sp³-hybridized carbons (Fsp3) is 0.357. The number of carboxylic acids is 1. The Balaban J connectivity index is 2.75. The van der Waals surface area contributed by atoms with Crippen LogP contribution in [0.25, 0.3) is 6.08 Å². The zero-order valence-electron chi connectivity index (χ0n) is 10.6. The molecule has 1 N–H and O–H groups in total. The number of nitrogens with zero attached hydrogens (tertiary/aromatic N) is 1. The van der Waals surface area contributed by atoms with Crippen LogP contribution in [0.15, 0.2) is 30.3 Å². The van der Waals surface area contributed by atoms with Gasteiger partial charge in [0.25, 0.3) is 0 Å². The summed E-state index contributed by atoms with van der Waals surface area (Å²) in [6, 6.07) is 8.41. The van der Waals surface area contributed by atoms with Gasteiger partial charge >= 0.3 is 5.97 Å². The van der Waals surface area contributed by atoms with E-state index in [1.165, 1.54) is 5.56 Å². The van der Waals surface area contributed by atoms with Gasteiger partial charge in [-0.05, 0) is 38.1 Å². The highest BCUT2D eigenvalue weighted by molar-refractivity contribution is 5.85. The van der Waals surface area contributed by atoms with Crippen LogP contribution in [0.3, 0.4) is 0 Å². The minimum atomic E-state index is -0.922. The molecule has 0 fully saturated rings. The Bertz CT molecular complexity index is 410. The van der Waals surface area contributed by atoms with E-state index in [1.54, 1.807) is 6.08 Å². The molecule has 1 aromatic carbocycles. The third-order valence-electron chi connectivity index (χ3n) is 2.68. The Kier molecular flexibility index (Phi) is 4.91. The average molecular weight is 233 g/mol. The molecule has 0 saturated carbocycles. The normalized spacial score (nSPS) is 11.6. The number of carbonyl (C=O) groups is 1. The summed E-state index contributed by atoms with van der Waals surface area (Å²) in [5.41, 5.74) is 2.11. The van der Waals surface area contributed by atoms with Crippen LogP contribution in [0, 0.1) is 0 Å². The number of hydrogen-bond donors (Lipinski definition) is 1. The number of hydrogen-bond acceptors (Lipinski definition) is 2. The monoisotopic (exact) mass is 233 g/mol. The fourth-order valence-electron chi connectivity index (χ4n) is 1.43. The van der Waals surface area contributed by atoms with Gasteiger partial charge in [-0.15, -0.1) is 0 Å². The first-order chi connectivity index (χ1) is 7.99. The third kappa shape index (κ3) is 4.83. The highest BCUT2D eigenvalue weighted by atomic mass is 16.4. The molecule has 0 amide bonds. The average Bonchev–Trinajstić information content (AvgIpc) is 2.26. The smallest absolute Gasteiger partial charge is 0.328 e. The van der Waals surface area contributed by atoms with Gasteiger partial charge in [0.05, 0.1) is 0 Å².